The molecular weight excluding hydrogens is 200 g/mol. The van der Waals surface area contributed by atoms with Gasteiger partial charge in [0.05, 0.1) is 32.5 Å². The molecule has 1 aliphatic rings. The van der Waals surface area contributed by atoms with Gasteiger partial charge in [0.15, 0.2) is 0 Å². The van der Waals surface area contributed by atoms with Gasteiger partial charge in [0.25, 0.3) is 0 Å². The second kappa shape index (κ2) is 7.39. The fourth-order valence-corrected chi connectivity index (χ4v) is 0.688. The number of carbonyl (C=O) groups excluding carboxylic acids is 1. The van der Waals surface area contributed by atoms with Crippen LogP contribution in [0.3, 0.4) is 0 Å². The van der Waals surface area contributed by atoms with E-state index in [4.69, 9.17) is 14.9 Å². The van der Waals surface area contributed by atoms with Gasteiger partial charge in [-0.05, 0) is 6.92 Å². The standard InChI is InChI=1S/C7H10O3.C3H8O2/c1-5(7(8)9-2)3-6-4-10-6;1-3(5)2-4/h6H,1,3-4H2,2H3;3-5H,2H2,1H3. The Labute approximate surface area is 89.3 Å². The maximum absolute atomic E-state index is 10.7. The highest BCUT2D eigenvalue weighted by Crippen LogP contribution is 2.18. The molecule has 88 valence electrons. The Bertz CT molecular complexity index is 208. The Kier molecular flexibility index (Phi) is 6.94. The number of ether oxygens (including phenoxy) is 2. The van der Waals surface area contributed by atoms with Crippen LogP contribution in [0.4, 0.5) is 0 Å². The maximum Gasteiger partial charge on any atom is 0.333 e. The highest BCUT2D eigenvalue weighted by Gasteiger charge is 2.25. The fraction of sp³-hybridized carbons (Fsp3) is 0.700. The molecule has 5 heteroatoms. The van der Waals surface area contributed by atoms with Crippen LogP contribution in [0, 0.1) is 0 Å². The highest BCUT2D eigenvalue weighted by atomic mass is 16.6. The van der Waals surface area contributed by atoms with Crippen LogP contribution in [0.15, 0.2) is 12.2 Å². The Balaban J connectivity index is 0.000000336. The van der Waals surface area contributed by atoms with E-state index in [1.54, 1.807) is 0 Å². The molecule has 1 rings (SSSR count). The lowest BCUT2D eigenvalue weighted by Crippen LogP contribution is -2.05. The van der Waals surface area contributed by atoms with Gasteiger partial charge in [-0.25, -0.2) is 4.79 Å². The minimum Gasteiger partial charge on any atom is -0.466 e. The van der Waals surface area contributed by atoms with Gasteiger partial charge in [0.2, 0.25) is 0 Å². The second-order valence-electron chi connectivity index (χ2n) is 3.29. The van der Waals surface area contributed by atoms with Crippen molar-refractivity contribution in [1.29, 1.82) is 0 Å². The van der Waals surface area contributed by atoms with E-state index in [0.29, 0.717) is 12.0 Å². The van der Waals surface area contributed by atoms with Crippen molar-refractivity contribution in [3.05, 3.63) is 12.2 Å². The number of methoxy groups -OCH3 is 1. The number of aliphatic hydroxyl groups excluding tert-OH is 2. The van der Waals surface area contributed by atoms with E-state index in [2.05, 4.69) is 11.3 Å². The molecule has 0 saturated carbocycles. The number of rotatable bonds is 4. The zero-order valence-corrected chi connectivity index (χ0v) is 9.10. The van der Waals surface area contributed by atoms with E-state index in [0.717, 1.165) is 6.61 Å². The van der Waals surface area contributed by atoms with Gasteiger partial charge < -0.3 is 19.7 Å². The smallest absolute Gasteiger partial charge is 0.333 e. The molecule has 0 radical (unpaired) electrons. The van der Waals surface area contributed by atoms with Crippen molar-refractivity contribution in [3.63, 3.8) is 0 Å². The summed E-state index contributed by atoms with van der Waals surface area (Å²) in [5.74, 6) is -0.337. The molecule has 2 N–H and O–H groups in total. The highest BCUT2D eigenvalue weighted by molar-refractivity contribution is 5.87. The average molecular weight is 218 g/mol. The Morgan fingerprint density at radius 2 is 2.20 bits per heavy atom. The summed E-state index contributed by atoms with van der Waals surface area (Å²) in [6.45, 7) is 5.69. The monoisotopic (exact) mass is 218 g/mol. The van der Waals surface area contributed by atoms with Crippen molar-refractivity contribution in [2.75, 3.05) is 20.3 Å². The largest absolute Gasteiger partial charge is 0.466 e. The van der Waals surface area contributed by atoms with Crippen LogP contribution in [-0.4, -0.2) is 48.7 Å². The first-order valence-electron chi connectivity index (χ1n) is 4.67. The number of epoxide rings is 1. The van der Waals surface area contributed by atoms with Gasteiger partial charge in [-0.15, -0.1) is 0 Å². The Morgan fingerprint density at radius 3 is 2.47 bits per heavy atom. The van der Waals surface area contributed by atoms with Gasteiger partial charge in [-0.2, -0.15) is 0 Å². The molecule has 5 nitrogen and oxygen atoms in total. The molecule has 0 spiro atoms. The summed E-state index contributed by atoms with van der Waals surface area (Å²) >= 11 is 0. The summed E-state index contributed by atoms with van der Waals surface area (Å²) in [7, 11) is 1.35. The van der Waals surface area contributed by atoms with Crippen molar-refractivity contribution >= 4 is 5.97 Å². The number of aliphatic hydroxyl groups is 2. The molecule has 1 fully saturated rings. The summed E-state index contributed by atoms with van der Waals surface area (Å²) in [5, 5.41) is 16.0. The van der Waals surface area contributed by atoms with Gasteiger partial charge >= 0.3 is 5.97 Å². The number of hydrogen-bond acceptors (Lipinski definition) is 5. The summed E-state index contributed by atoms with van der Waals surface area (Å²) < 4.78 is 9.35. The van der Waals surface area contributed by atoms with Crippen molar-refractivity contribution < 1.29 is 24.5 Å². The topological polar surface area (TPSA) is 79.3 Å². The van der Waals surface area contributed by atoms with Crippen molar-refractivity contribution in [1.82, 2.24) is 0 Å². The molecule has 0 aliphatic carbocycles. The molecule has 0 bridgehead atoms. The Morgan fingerprint density at radius 1 is 1.73 bits per heavy atom. The molecular formula is C10H18O5. The zero-order valence-electron chi connectivity index (χ0n) is 9.10. The minimum absolute atomic E-state index is 0.139. The summed E-state index contributed by atoms with van der Waals surface area (Å²) in [4.78, 5) is 10.7. The van der Waals surface area contributed by atoms with Crippen LogP contribution < -0.4 is 0 Å². The maximum atomic E-state index is 10.7. The lowest BCUT2D eigenvalue weighted by molar-refractivity contribution is -0.136. The molecule has 0 aromatic carbocycles. The first-order chi connectivity index (χ1) is 7.01. The van der Waals surface area contributed by atoms with E-state index in [9.17, 15) is 4.79 Å². The molecule has 2 unspecified atom stereocenters. The third kappa shape index (κ3) is 8.11. The predicted molar refractivity (Wildman–Crippen MR) is 54.3 cm³/mol. The molecule has 2 atom stereocenters. The van der Waals surface area contributed by atoms with E-state index in [1.807, 2.05) is 0 Å². The lowest BCUT2D eigenvalue weighted by atomic mass is 10.2. The molecule has 1 heterocycles. The summed E-state index contributed by atoms with van der Waals surface area (Å²) in [6, 6.07) is 0. The fourth-order valence-electron chi connectivity index (χ4n) is 0.688. The first kappa shape index (κ1) is 14.1. The SMILES string of the molecule is C=C(CC1CO1)C(=O)OC.CC(O)CO. The molecule has 0 aromatic heterocycles. The van der Waals surface area contributed by atoms with Gasteiger partial charge in [0.1, 0.15) is 0 Å². The van der Waals surface area contributed by atoms with Gasteiger partial charge in [-0.3, -0.25) is 0 Å². The van der Waals surface area contributed by atoms with Crippen molar-refractivity contribution in [2.45, 2.75) is 25.6 Å². The van der Waals surface area contributed by atoms with Crippen LogP contribution in [0.1, 0.15) is 13.3 Å². The van der Waals surface area contributed by atoms with Gasteiger partial charge in [-0.1, -0.05) is 6.58 Å². The van der Waals surface area contributed by atoms with Crippen molar-refractivity contribution in [3.8, 4) is 0 Å². The third-order valence-corrected chi connectivity index (χ3v) is 1.61. The van der Waals surface area contributed by atoms with Crippen LogP contribution in [-0.2, 0) is 14.3 Å². The Hall–Kier alpha value is -0.910. The average Bonchev–Trinajstić information content (AvgIpc) is 3.01. The molecule has 0 amide bonds. The number of carbonyl (C=O) groups is 1. The lowest BCUT2D eigenvalue weighted by Gasteiger charge is -1.98. The summed E-state index contributed by atoms with van der Waals surface area (Å²) in [6.07, 6.45) is 0.258. The van der Waals surface area contributed by atoms with Gasteiger partial charge in [0, 0.05) is 12.0 Å². The third-order valence-electron chi connectivity index (χ3n) is 1.61. The molecule has 1 aliphatic heterocycles. The van der Waals surface area contributed by atoms with E-state index in [-0.39, 0.29) is 18.7 Å². The van der Waals surface area contributed by atoms with Crippen LogP contribution in [0.25, 0.3) is 0 Å². The van der Waals surface area contributed by atoms with Crippen LogP contribution >= 0.6 is 0 Å². The van der Waals surface area contributed by atoms with Crippen LogP contribution in [0.5, 0.6) is 0 Å². The predicted octanol–water partition coefficient (Wildman–Crippen LogP) is -0.136. The van der Waals surface area contributed by atoms with Crippen LogP contribution in [0.2, 0.25) is 0 Å². The molecule has 1 saturated heterocycles. The van der Waals surface area contributed by atoms with E-state index < -0.39 is 6.10 Å². The van der Waals surface area contributed by atoms with Crippen molar-refractivity contribution in [2.24, 2.45) is 0 Å². The van der Waals surface area contributed by atoms with E-state index >= 15 is 0 Å². The first-order valence-corrected chi connectivity index (χ1v) is 4.67. The van der Waals surface area contributed by atoms with E-state index in [1.165, 1.54) is 14.0 Å². The summed E-state index contributed by atoms with van der Waals surface area (Å²) in [5.41, 5.74) is 0.491. The number of esters is 1. The quantitative estimate of drug-likeness (QED) is 0.390. The normalized spacial score (nSPS) is 19.6. The number of hydrogen-bond donors (Lipinski definition) is 2. The zero-order chi connectivity index (χ0) is 11.8. The molecule has 0 aromatic rings. The molecule has 15 heavy (non-hydrogen) atoms. The minimum atomic E-state index is -0.560. The second-order valence-corrected chi connectivity index (χ2v) is 3.29.